The first-order valence-electron chi connectivity index (χ1n) is 8.24. The van der Waals surface area contributed by atoms with E-state index in [1.54, 1.807) is 0 Å². The summed E-state index contributed by atoms with van der Waals surface area (Å²) in [4.78, 5) is 14.4. The highest BCUT2D eigenvalue weighted by atomic mass is 16.5. The van der Waals surface area contributed by atoms with Gasteiger partial charge in [-0.3, -0.25) is 4.79 Å². The third-order valence-corrected chi connectivity index (χ3v) is 4.11. The van der Waals surface area contributed by atoms with Gasteiger partial charge in [0.15, 0.2) is 0 Å². The van der Waals surface area contributed by atoms with Crippen molar-refractivity contribution in [3.05, 3.63) is 54.1 Å². The molecule has 0 radical (unpaired) electrons. The van der Waals surface area contributed by atoms with Crippen molar-refractivity contribution in [1.29, 1.82) is 0 Å². The van der Waals surface area contributed by atoms with Crippen molar-refractivity contribution in [3.8, 4) is 0 Å². The summed E-state index contributed by atoms with van der Waals surface area (Å²) in [6.45, 7) is 5.62. The largest absolute Gasteiger partial charge is 0.378 e. The first kappa shape index (κ1) is 16.3. The smallest absolute Gasteiger partial charge is 0.243 e. The minimum absolute atomic E-state index is 0.0580. The van der Waals surface area contributed by atoms with Gasteiger partial charge < -0.3 is 20.3 Å². The van der Waals surface area contributed by atoms with Crippen LogP contribution < -0.4 is 15.5 Å². The lowest BCUT2D eigenvalue weighted by atomic mass is 10.2. The van der Waals surface area contributed by atoms with Gasteiger partial charge in [0.2, 0.25) is 5.91 Å². The maximum Gasteiger partial charge on any atom is 0.243 e. The zero-order valence-corrected chi connectivity index (χ0v) is 13.9. The number of rotatable bonds is 5. The van der Waals surface area contributed by atoms with Crippen LogP contribution in [0.25, 0.3) is 0 Å². The van der Waals surface area contributed by atoms with E-state index in [-0.39, 0.29) is 12.5 Å². The molecule has 0 spiro atoms. The van der Waals surface area contributed by atoms with Gasteiger partial charge in [-0.05, 0) is 42.8 Å². The Morgan fingerprint density at radius 2 is 1.79 bits per heavy atom. The first-order valence-corrected chi connectivity index (χ1v) is 8.24. The second-order valence-electron chi connectivity index (χ2n) is 5.86. The summed E-state index contributed by atoms with van der Waals surface area (Å²) < 4.78 is 5.36. The Labute approximate surface area is 142 Å². The number of morpholine rings is 1. The summed E-state index contributed by atoms with van der Waals surface area (Å²) in [5, 5.41) is 6.08. The average Bonchev–Trinajstić information content (AvgIpc) is 2.62. The second-order valence-corrected chi connectivity index (χ2v) is 5.86. The van der Waals surface area contributed by atoms with Gasteiger partial charge in [0, 0.05) is 30.2 Å². The fourth-order valence-corrected chi connectivity index (χ4v) is 2.73. The maximum absolute atomic E-state index is 12.1. The van der Waals surface area contributed by atoms with E-state index < -0.39 is 0 Å². The molecule has 126 valence electrons. The molecular weight excluding hydrogens is 302 g/mol. The molecule has 0 atom stereocenters. The number of hydrogen-bond acceptors (Lipinski definition) is 4. The molecular formula is C19H23N3O2. The van der Waals surface area contributed by atoms with Crippen molar-refractivity contribution in [1.82, 2.24) is 0 Å². The van der Waals surface area contributed by atoms with Crippen LogP contribution in [0.15, 0.2) is 48.5 Å². The van der Waals surface area contributed by atoms with E-state index in [1.165, 1.54) is 0 Å². The van der Waals surface area contributed by atoms with E-state index in [0.29, 0.717) is 0 Å². The molecule has 1 amide bonds. The third kappa shape index (κ3) is 4.26. The highest BCUT2D eigenvalue weighted by molar-refractivity contribution is 5.94. The Morgan fingerprint density at radius 3 is 2.50 bits per heavy atom. The highest BCUT2D eigenvalue weighted by Gasteiger charge is 2.11. The number of benzene rings is 2. The van der Waals surface area contributed by atoms with Crippen LogP contribution in [0.4, 0.5) is 17.1 Å². The standard InChI is InChI=1S/C19H23N3O2/c1-15-4-2-3-5-18(15)20-14-19(23)21-16-6-8-17(9-7-16)22-10-12-24-13-11-22/h2-9,20H,10-14H2,1H3,(H,21,23). The van der Waals surface area contributed by atoms with Gasteiger partial charge in [0.05, 0.1) is 19.8 Å². The Bertz CT molecular complexity index is 679. The van der Waals surface area contributed by atoms with Gasteiger partial charge in [-0.1, -0.05) is 18.2 Å². The molecule has 3 rings (SSSR count). The Balaban J connectivity index is 1.52. The summed E-state index contributed by atoms with van der Waals surface area (Å²) in [6.07, 6.45) is 0. The minimum atomic E-state index is -0.0580. The Morgan fingerprint density at radius 1 is 1.08 bits per heavy atom. The molecule has 1 aliphatic heterocycles. The van der Waals surface area contributed by atoms with Crippen molar-refractivity contribution in [2.24, 2.45) is 0 Å². The Kier molecular flexibility index (Phi) is 5.33. The van der Waals surface area contributed by atoms with Crippen molar-refractivity contribution in [2.75, 3.05) is 48.4 Å². The molecule has 1 aliphatic rings. The van der Waals surface area contributed by atoms with Crippen LogP contribution in [0.2, 0.25) is 0 Å². The van der Waals surface area contributed by atoms with Gasteiger partial charge in [-0.2, -0.15) is 0 Å². The number of para-hydroxylation sites is 1. The van der Waals surface area contributed by atoms with Gasteiger partial charge >= 0.3 is 0 Å². The lowest BCUT2D eigenvalue weighted by molar-refractivity contribution is -0.114. The predicted octanol–water partition coefficient (Wildman–Crippen LogP) is 2.88. The van der Waals surface area contributed by atoms with E-state index in [2.05, 4.69) is 15.5 Å². The molecule has 1 heterocycles. The van der Waals surface area contributed by atoms with Crippen LogP contribution in [0.5, 0.6) is 0 Å². The van der Waals surface area contributed by atoms with Crippen molar-refractivity contribution in [3.63, 3.8) is 0 Å². The lowest BCUT2D eigenvalue weighted by Gasteiger charge is -2.28. The molecule has 5 nitrogen and oxygen atoms in total. The molecule has 24 heavy (non-hydrogen) atoms. The molecule has 0 unspecified atom stereocenters. The average molecular weight is 325 g/mol. The van der Waals surface area contributed by atoms with Crippen LogP contribution in [0.3, 0.4) is 0 Å². The molecule has 0 bridgehead atoms. The number of carbonyl (C=O) groups excluding carboxylic acids is 1. The number of anilines is 3. The SMILES string of the molecule is Cc1ccccc1NCC(=O)Nc1ccc(N2CCOCC2)cc1. The Hall–Kier alpha value is -2.53. The minimum Gasteiger partial charge on any atom is -0.378 e. The molecule has 1 saturated heterocycles. The number of nitrogens with zero attached hydrogens (tertiary/aromatic N) is 1. The predicted molar refractivity (Wildman–Crippen MR) is 97.8 cm³/mol. The molecule has 2 N–H and O–H groups in total. The number of ether oxygens (including phenoxy) is 1. The van der Waals surface area contributed by atoms with Gasteiger partial charge in [-0.25, -0.2) is 0 Å². The van der Waals surface area contributed by atoms with E-state index in [9.17, 15) is 4.79 Å². The quantitative estimate of drug-likeness (QED) is 0.887. The van der Waals surface area contributed by atoms with Crippen LogP contribution in [-0.2, 0) is 9.53 Å². The fraction of sp³-hybridized carbons (Fsp3) is 0.316. The third-order valence-electron chi connectivity index (χ3n) is 4.11. The number of amides is 1. The normalized spacial score (nSPS) is 14.3. The van der Waals surface area contributed by atoms with Crippen LogP contribution in [0, 0.1) is 6.92 Å². The lowest BCUT2D eigenvalue weighted by Crippen LogP contribution is -2.36. The van der Waals surface area contributed by atoms with E-state index in [1.807, 2.05) is 55.5 Å². The zero-order chi connectivity index (χ0) is 16.8. The summed E-state index contributed by atoms with van der Waals surface area (Å²) in [5.74, 6) is -0.0580. The molecule has 0 saturated carbocycles. The molecule has 5 heteroatoms. The second kappa shape index (κ2) is 7.84. The van der Waals surface area contributed by atoms with Crippen molar-refractivity contribution in [2.45, 2.75) is 6.92 Å². The number of aryl methyl sites for hydroxylation is 1. The zero-order valence-electron chi connectivity index (χ0n) is 13.9. The highest BCUT2D eigenvalue weighted by Crippen LogP contribution is 2.19. The van der Waals surface area contributed by atoms with Crippen LogP contribution in [-0.4, -0.2) is 38.8 Å². The molecule has 2 aromatic rings. The summed E-state index contributed by atoms with van der Waals surface area (Å²) >= 11 is 0. The molecule has 0 aliphatic carbocycles. The molecule has 0 aromatic heterocycles. The topological polar surface area (TPSA) is 53.6 Å². The van der Waals surface area contributed by atoms with E-state index in [4.69, 9.17) is 4.74 Å². The van der Waals surface area contributed by atoms with E-state index in [0.717, 1.165) is 48.9 Å². The number of nitrogens with one attached hydrogen (secondary N) is 2. The summed E-state index contributed by atoms with van der Waals surface area (Å²) in [7, 11) is 0. The van der Waals surface area contributed by atoms with E-state index >= 15 is 0 Å². The molecule has 1 fully saturated rings. The monoisotopic (exact) mass is 325 g/mol. The molecule has 2 aromatic carbocycles. The fourth-order valence-electron chi connectivity index (χ4n) is 2.73. The van der Waals surface area contributed by atoms with Crippen LogP contribution in [0.1, 0.15) is 5.56 Å². The van der Waals surface area contributed by atoms with Gasteiger partial charge in [-0.15, -0.1) is 0 Å². The number of carbonyl (C=O) groups is 1. The maximum atomic E-state index is 12.1. The van der Waals surface area contributed by atoms with Gasteiger partial charge in [0.1, 0.15) is 0 Å². The van der Waals surface area contributed by atoms with Crippen molar-refractivity contribution < 1.29 is 9.53 Å². The van der Waals surface area contributed by atoms with Crippen LogP contribution >= 0.6 is 0 Å². The number of hydrogen-bond donors (Lipinski definition) is 2. The van der Waals surface area contributed by atoms with Gasteiger partial charge in [0.25, 0.3) is 0 Å². The summed E-state index contributed by atoms with van der Waals surface area (Å²) in [5.41, 5.74) is 4.08. The van der Waals surface area contributed by atoms with Crippen molar-refractivity contribution >= 4 is 23.0 Å². The first-order chi connectivity index (χ1) is 11.7. The summed E-state index contributed by atoms with van der Waals surface area (Å²) in [6, 6.07) is 15.9.